The van der Waals surface area contributed by atoms with Gasteiger partial charge in [0, 0.05) is 17.1 Å². The van der Waals surface area contributed by atoms with Crippen LogP contribution in [0, 0.1) is 12.8 Å². The van der Waals surface area contributed by atoms with Crippen molar-refractivity contribution in [2.24, 2.45) is 5.92 Å². The van der Waals surface area contributed by atoms with Crippen molar-refractivity contribution < 1.29 is 0 Å². The van der Waals surface area contributed by atoms with Gasteiger partial charge in [0.05, 0.1) is 5.52 Å². The molecule has 0 bridgehead atoms. The molecule has 1 fully saturated rings. The van der Waals surface area contributed by atoms with Crippen molar-refractivity contribution in [3.05, 3.63) is 41.6 Å². The summed E-state index contributed by atoms with van der Waals surface area (Å²) in [6.45, 7) is 7.66. The van der Waals surface area contributed by atoms with Crippen LogP contribution in [0.5, 0.6) is 0 Å². The molecule has 1 heterocycles. The van der Waals surface area contributed by atoms with E-state index in [4.69, 9.17) is 0 Å². The van der Waals surface area contributed by atoms with Crippen molar-refractivity contribution in [1.29, 1.82) is 0 Å². The Labute approximate surface area is 115 Å². The minimum Gasteiger partial charge on any atom is -0.314 e. The molecule has 2 atom stereocenters. The lowest BCUT2D eigenvalue weighted by atomic mass is 10.0. The van der Waals surface area contributed by atoms with Crippen LogP contribution in [0.1, 0.15) is 37.4 Å². The van der Waals surface area contributed by atoms with E-state index in [2.05, 4.69) is 61.4 Å². The molecule has 1 aromatic carbocycles. The second-order valence-corrected chi connectivity index (χ2v) is 6.04. The summed E-state index contributed by atoms with van der Waals surface area (Å²) in [6.07, 6.45) is 1.31. The lowest BCUT2D eigenvalue weighted by Crippen LogP contribution is -2.25. The average molecular weight is 254 g/mol. The second-order valence-electron chi connectivity index (χ2n) is 6.04. The van der Waals surface area contributed by atoms with Gasteiger partial charge in [-0.3, -0.25) is 4.98 Å². The first kappa shape index (κ1) is 12.6. The molecule has 1 aromatic heterocycles. The number of hydrogen-bond donors (Lipinski definition) is 1. The molecule has 1 N–H and O–H groups in total. The minimum absolute atomic E-state index is 0.581. The zero-order valence-corrected chi connectivity index (χ0v) is 12.0. The van der Waals surface area contributed by atoms with E-state index in [1.165, 1.54) is 17.4 Å². The summed E-state index contributed by atoms with van der Waals surface area (Å²) in [4.78, 5) is 4.63. The molecule has 1 saturated carbocycles. The summed E-state index contributed by atoms with van der Waals surface area (Å²) < 4.78 is 0. The lowest BCUT2D eigenvalue weighted by molar-refractivity contribution is 0.555. The number of nitrogens with one attached hydrogen (secondary N) is 1. The molecule has 3 rings (SSSR count). The van der Waals surface area contributed by atoms with Crippen LogP contribution in [-0.4, -0.2) is 17.6 Å². The maximum Gasteiger partial charge on any atom is 0.0708 e. The molecule has 0 spiro atoms. The number of nitrogens with zero attached hydrogens (tertiary/aromatic N) is 1. The van der Waals surface area contributed by atoms with E-state index in [1.807, 2.05) is 0 Å². The number of aryl methyl sites for hydroxylation is 1. The molecule has 2 nitrogen and oxygen atoms in total. The Morgan fingerprint density at radius 2 is 2.11 bits per heavy atom. The first-order valence-corrected chi connectivity index (χ1v) is 7.25. The second kappa shape index (κ2) is 4.93. The summed E-state index contributed by atoms with van der Waals surface area (Å²) in [5.74, 6) is 1.52. The molecule has 19 heavy (non-hydrogen) atoms. The molecule has 1 aliphatic rings. The van der Waals surface area contributed by atoms with Crippen LogP contribution >= 0.6 is 0 Å². The van der Waals surface area contributed by atoms with E-state index in [0.717, 1.165) is 29.6 Å². The number of fused-ring (bicyclic) bond motifs is 1. The standard InChI is InChI=1S/C17H22N2/c1-11(2)18-10-13-9-15(13)16-8-12(3)19-17-7-5-4-6-14(16)17/h4-8,11,13,15,18H,9-10H2,1-3H3. The van der Waals surface area contributed by atoms with Crippen LogP contribution < -0.4 is 5.32 Å². The highest BCUT2D eigenvalue weighted by atomic mass is 14.9. The van der Waals surface area contributed by atoms with Crippen LogP contribution in [0.3, 0.4) is 0 Å². The number of hydrogen-bond acceptors (Lipinski definition) is 2. The van der Waals surface area contributed by atoms with Crippen LogP contribution in [0.15, 0.2) is 30.3 Å². The van der Waals surface area contributed by atoms with Crippen molar-refractivity contribution in [1.82, 2.24) is 10.3 Å². The number of rotatable bonds is 4. The fourth-order valence-electron chi connectivity index (χ4n) is 2.89. The normalized spacial score (nSPS) is 22.1. The van der Waals surface area contributed by atoms with Gasteiger partial charge < -0.3 is 5.32 Å². The predicted molar refractivity (Wildman–Crippen MR) is 80.5 cm³/mol. The topological polar surface area (TPSA) is 24.9 Å². The smallest absolute Gasteiger partial charge is 0.0708 e. The summed E-state index contributed by atoms with van der Waals surface area (Å²) in [5, 5.41) is 4.89. The highest BCUT2D eigenvalue weighted by Crippen LogP contribution is 2.49. The number of para-hydroxylation sites is 1. The van der Waals surface area contributed by atoms with Gasteiger partial charge in [0.15, 0.2) is 0 Å². The third kappa shape index (κ3) is 2.64. The van der Waals surface area contributed by atoms with Crippen LogP contribution in [-0.2, 0) is 0 Å². The SMILES string of the molecule is Cc1cc(C2CC2CNC(C)C)c2ccccc2n1. The first-order valence-electron chi connectivity index (χ1n) is 7.25. The Kier molecular flexibility index (Phi) is 3.28. The molecule has 2 heteroatoms. The highest BCUT2D eigenvalue weighted by Gasteiger charge is 2.38. The third-order valence-electron chi connectivity index (χ3n) is 3.99. The van der Waals surface area contributed by atoms with E-state index in [-0.39, 0.29) is 0 Å². The predicted octanol–water partition coefficient (Wildman–Crippen LogP) is 3.64. The zero-order chi connectivity index (χ0) is 13.4. The van der Waals surface area contributed by atoms with Crippen LogP contribution in [0.25, 0.3) is 10.9 Å². The third-order valence-corrected chi connectivity index (χ3v) is 3.99. The van der Waals surface area contributed by atoms with E-state index in [1.54, 1.807) is 0 Å². The van der Waals surface area contributed by atoms with Gasteiger partial charge in [-0.15, -0.1) is 0 Å². The van der Waals surface area contributed by atoms with Crippen molar-refractivity contribution in [3.8, 4) is 0 Å². The molecule has 2 aromatic rings. The Morgan fingerprint density at radius 1 is 1.32 bits per heavy atom. The molecular weight excluding hydrogens is 232 g/mol. The quantitative estimate of drug-likeness (QED) is 0.901. The van der Waals surface area contributed by atoms with Gasteiger partial charge in [0.2, 0.25) is 0 Å². The fraction of sp³-hybridized carbons (Fsp3) is 0.471. The molecule has 0 amide bonds. The Bertz CT molecular complexity index is 589. The van der Waals surface area contributed by atoms with E-state index >= 15 is 0 Å². The molecule has 0 saturated heterocycles. The van der Waals surface area contributed by atoms with E-state index in [0.29, 0.717) is 6.04 Å². The first-order chi connectivity index (χ1) is 9.15. The monoisotopic (exact) mass is 254 g/mol. The molecule has 100 valence electrons. The van der Waals surface area contributed by atoms with Gasteiger partial charge in [0.1, 0.15) is 0 Å². The Morgan fingerprint density at radius 3 is 2.89 bits per heavy atom. The average Bonchev–Trinajstić information content (AvgIpc) is 3.14. The zero-order valence-electron chi connectivity index (χ0n) is 12.0. The largest absolute Gasteiger partial charge is 0.314 e. The Hall–Kier alpha value is -1.41. The number of aromatic nitrogens is 1. The van der Waals surface area contributed by atoms with Crippen LogP contribution in [0.4, 0.5) is 0 Å². The minimum atomic E-state index is 0.581. The number of pyridine rings is 1. The van der Waals surface area contributed by atoms with Gasteiger partial charge in [-0.05, 0) is 49.4 Å². The molecule has 1 aliphatic carbocycles. The van der Waals surface area contributed by atoms with Crippen LogP contribution in [0.2, 0.25) is 0 Å². The van der Waals surface area contributed by atoms with Crippen molar-refractivity contribution in [3.63, 3.8) is 0 Å². The van der Waals surface area contributed by atoms with Gasteiger partial charge in [-0.2, -0.15) is 0 Å². The van der Waals surface area contributed by atoms with Crippen molar-refractivity contribution in [2.75, 3.05) is 6.54 Å². The summed E-state index contributed by atoms with van der Waals surface area (Å²) in [7, 11) is 0. The maximum atomic E-state index is 4.63. The summed E-state index contributed by atoms with van der Waals surface area (Å²) in [5.41, 5.74) is 3.77. The van der Waals surface area contributed by atoms with Gasteiger partial charge >= 0.3 is 0 Å². The molecular formula is C17H22N2. The Balaban J connectivity index is 1.86. The molecule has 0 aliphatic heterocycles. The summed E-state index contributed by atoms with van der Waals surface area (Å²) >= 11 is 0. The lowest BCUT2D eigenvalue weighted by Gasteiger charge is -2.09. The number of benzene rings is 1. The maximum absolute atomic E-state index is 4.63. The van der Waals surface area contributed by atoms with E-state index < -0.39 is 0 Å². The van der Waals surface area contributed by atoms with Crippen molar-refractivity contribution in [2.45, 2.75) is 39.2 Å². The van der Waals surface area contributed by atoms with Gasteiger partial charge in [-0.1, -0.05) is 32.0 Å². The van der Waals surface area contributed by atoms with E-state index in [9.17, 15) is 0 Å². The van der Waals surface area contributed by atoms with Gasteiger partial charge in [-0.25, -0.2) is 0 Å². The van der Waals surface area contributed by atoms with Crippen molar-refractivity contribution >= 4 is 10.9 Å². The fourth-order valence-corrected chi connectivity index (χ4v) is 2.89. The van der Waals surface area contributed by atoms with Gasteiger partial charge in [0.25, 0.3) is 0 Å². The molecule has 0 radical (unpaired) electrons. The highest BCUT2D eigenvalue weighted by molar-refractivity contribution is 5.83. The molecule has 2 unspecified atom stereocenters. The summed E-state index contributed by atoms with van der Waals surface area (Å²) in [6, 6.07) is 11.4.